The summed E-state index contributed by atoms with van der Waals surface area (Å²) in [7, 11) is -0.201. The van der Waals surface area contributed by atoms with E-state index >= 15 is 0 Å². The van der Waals surface area contributed by atoms with Crippen molar-refractivity contribution < 1.29 is 0 Å². The summed E-state index contributed by atoms with van der Waals surface area (Å²) in [4.78, 5) is 2.37. The fraction of sp³-hybridized carbons (Fsp3) is 0.800. The summed E-state index contributed by atoms with van der Waals surface area (Å²) in [6, 6.07) is 0.0943. The van der Waals surface area contributed by atoms with Crippen molar-refractivity contribution in [2.24, 2.45) is 17.6 Å². The van der Waals surface area contributed by atoms with E-state index in [0.717, 1.165) is 31.9 Å². The Morgan fingerprint density at radius 1 is 1.21 bits per heavy atom. The first-order valence-electron chi connectivity index (χ1n) is 7.31. The Bertz CT molecular complexity index is 319. The van der Waals surface area contributed by atoms with E-state index in [-0.39, 0.29) is 13.7 Å². The van der Waals surface area contributed by atoms with Gasteiger partial charge in [0.2, 0.25) is 0 Å². The normalized spacial score (nSPS) is 21.4. The van der Waals surface area contributed by atoms with Gasteiger partial charge in [0.1, 0.15) is 6.66 Å². The lowest BCUT2D eigenvalue weighted by Crippen LogP contribution is -2.47. The van der Waals surface area contributed by atoms with Gasteiger partial charge in [-0.1, -0.05) is 27.4 Å². The van der Waals surface area contributed by atoms with Crippen LogP contribution in [0.1, 0.15) is 27.2 Å². The molecule has 1 aliphatic heterocycles. The maximum atomic E-state index is 6.37. The molecule has 1 saturated heterocycles. The molecule has 110 valence electrons. The molecule has 0 spiro atoms. The van der Waals surface area contributed by atoms with E-state index in [9.17, 15) is 0 Å². The molecule has 2 N–H and O–H groups in total. The molecule has 3 atom stereocenters. The van der Waals surface area contributed by atoms with Crippen molar-refractivity contribution >= 4 is 14.0 Å². The minimum absolute atomic E-state index is 0.0943. The molecule has 1 heterocycles. The number of nitrogens with two attached hydrogens (primary N) is 1. The predicted molar refractivity (Wildman–Crippen MR) is 88.8 cm³/mol. The molecule has 3 unspecified atom stereocenters. The summed E-state index contributed by atoms with van der Waals surface area (Å²) in [5, 5.41) is 0. The van der Waals surface area contributed by atoms with Crippen LogP contribution in [0.5, 0.6) is 0 Å². The molecule has 3 nitrogen and oxygen atoms in total. The van der Waals surface area contributed by atoms with E-state index in [0.29, 0.717) is 11.8 Å². The van der Waals surface area contributed by atoms with Crippen molar-refractivity contribution in [3.63, 3.8) is 0 Å². The van der Waals surface area contributed by atoms with E-state index in [4.69, 9.17) is 5.73 Å². The van der Waals surface area contributed by atoms with Crippen molar-refractivity contribution in [2.75, 3.05) is 32.8 Å². The highest BCUT2D eigenvalue weighted by molar-refractivity contribution is 7.52. The highest BCUT2D eigenvalue weighted by Crippen LogP contribution is 2.25. The van der Waals surface area contributed by atoms with E-state index < -0.39 is 0 Å². The standard InChI is InChI=1S/C15H31N3P/c1-12(2)11-13(3)15(16)14(4)17-7-9-18(10-8-17)19(5)6/h12-13,15H,4-5,7-11,16H2,1-3,6H3/q+1. The van der Waals surface area contributed by atoms with Crippen LogP contribution in [0.2, 0.25) is 0 Å². The molecule has 1 rings (SSSR count). The van der Waals surface area contributed by atoms with Gasteiger partial charge >= 0.3 is 0 Å². The van der Waals surface area contributed by atoms with E-state index in [1.54, 1.807) is 0 Å². The lowest BCUT2D eigenvalue weighted by Gasteiger charge is -2.37. The molecule has 0 aliphatic carbocycles. The van der Waals surface area contributed by atoms with Gasteiger partial charge in [-0.25, -0.2) is 0 Å². The Morgan fingerprint density at radius 2 is 1.74 bits per heavy atom. The minimum Gasteiger partial charge on any atom is -0.371 e. The van der Waals surface area contributed by atoms with E-state index in [1.165, 1.54) is 6.42 Å². The quantitative estimate of drug-likeness (QED) is 0.761. The third-order valence-corrected chi connectivity index (χ3v) is 5.35. The second kappa shape index (κ2) is 7.42. The summed E-state index contributed by atoms with van der Waals surface area (Å²) in [6.45, 7) is 17.5. The Hall–Kier alpha value is -0.370. The van der Waals surface area contributed by atoms with Gasteiger partial charge in [0.05, 0.1) is 19.4 Å². The molecule has 19 heavy (non-hydrogen) atoms. The first-order valence-corrected chi connectivity index (χ1v) is 9.24. The number of hydrogen-bond acceptors (Lipinski definition) is 3. The third kappa shape index (κ3) is 4.91. The number of rotatable bonds is 6. The zero-order chi connectivity index (χ0) is 14.6. The highest BCUT2D eigenvalue weighted by Gasteiger charge is 2.27. The molecule has 0 bridgehead atoms. The molecule has 0 aromatic heterocycles. The van der Waals surface area contributed by atoms with Gasteiger partial charge in [0.25, 0.3) is 0 Å². The Morgan fingerprint density at radius 3 is 2.16 bits per heavy atom. The Labute approximate surface area is 120 Å². The van der Waals surface area contributed by atoms with Crippen LogP contribution in [0.25, 0.3) is 0 Å². The zero-order valence-corrected chi connectivity index (χ0v) is 14.0. The van der Waals surface area contributed by atoms with Gasteiger partial charge in [0.15, 0.2) is 7.70 Å². The highest BCUT2D eigenvalue weighted by atomic mass is 31.1. The summed E-state index contributed by atoms with van der Waals surface area (Å²) >= 11 is 0. The minimum atomic E-state index is -0.201. The average Bonchev–Trinajstić information content (AvgIpc) is 2.36. The topological polar surface area (TPSA) is 32.5 Å². The molecular formula is C15H31N3P+. The van der Waals surface area contributed by atoms with Crippen molar-refractivity contribution in [1.82, 2.24) is 9.57 Å². The van der Waals surface area contributed by atoms with Crippen LogP contribution < -0.4 is 5.73 Å². The monoisotopic (exact) mass is 284 g/mol. The smallest absolute Gasteiger partial charge is 0.174 e. The Balaban J connectivity index is 2.48. The summed E-state index contributed by atoms with van der Waals surface area (Å²) in [5.74, 6) is 1.20. The Kier molecular flexibility index (Phi) is 6.52. The fourth-order valence-electron chi connectivity index (χ4n) is 2.75. The largest absolute Gasteiger partial charge is 0.371 e. The number of piperazine rings is 1. The van der Waals surface area contributed by atoms with Gasteiger partial charge in [-0.05, 0) is 18.3 Å². The molecule has 1 fully saturated rings. The van der Waals surface area contributed by atoms with Crippen LogP contribution in [-0.4, -0.2) is 54.8 Å². The van der Waals surface area contributed by atoms with Gasteiger partial charge in [-0.3, -0.25) is 0 Å². The SMILES string of the molecule is C=C(C(N)C(C)CC(C)C)N1CCN([P+](=C)C)CC1. The second-order valence-corrected chi connectivity index (χ2v) is 8.10. The van der Waals surface area contributed by atoms with E-state index in [1.807, 2.05) is 0 Å². The molecule has 0 aromatic carbocycles. The van der Waals surface area contributed by atoms with Crippen LogP contribution in [0.15, 0.2) is 12.3 Å². The van der Waals surface area contributed by atoms with Crippen LogP contribution in [-0.2, 0) is 0 Å². The number of hydrogen-bond donors (Lipinski definition) is 1. The van der Waals surface area contributed by atoms with E-state index in [2.05, 4.69) is 49.9 Å². The first kappa shape index (κ1) is 16.7. The maximum Gasteiger partial charge on any atom is 0.174 e. The van der Waals surface area contributed by atoms with Crippen LogP contribution in [0.3, 0.4) is 0 Å². The fourth-order valence-corrected chi connectivity index (χ4v) is 3.62. The van der Waals surface area contributed by atoms with Gasteiger partial charge < -0.3 is 10.6 Å². The lowest BCUT2D eigenvalue weighted by atomic mass is 9.90. The molecule has 4 heteroatoms. The predicted octanol–water partition coefficient (Wildman–Crippen LogP) is 2.59. The van der Waals surface area contributed by atoms with Crippen molar-refractivity contribution in [1.29, 1.82) is 0 Å². The summed E-state index contributed by atoms with van der Waals surface area (Å²) in [5.41, 5.74) is 7.49. The maximum absolute atomic E-state index is 6.37. The molecule has 0 aromatic rings. The average molecular weight is 284 g/mol. The van der Waals surface area contributed by atoms with Crippen LogP contribution in [0.4, 0.5) is 0 Å². The van der Waals surface area contributed by atoms with Crippen molar-refractivity contribution in [3.05, 3.63) is 12.3 Å². The molecule has 0 saturated carbocycles. The summed E-state index contributed by atoms with van der Waals surface area (Å²) in [6.07, 6.45) is 5.32. The molecular weight excluding hydrogens is 253 g/mol. The first-order chi connectivity index (χ1) is 8.82. The number of nitrogens with zero attached hydrogens (tertiary/aromatic N) is 2. The van der Waals surface area contributed by atoms with Crippen molar-refractivity contribution in [3.8, 4) is 0 Å². The van der Waals surface area contributed by atoms with Gasteiger partial charge in [-0.15, -0.1) is 4.67 Å². The lowest BCUT2D eigenvalue weighted by molar-refractivity contribution is 0.215. The summed E-state index contributed by atoms with van der Waals surface area (Å²) < 4.78 is 2.47. The van der Waals surface area contributed by atoms with Gasteiger partial charge in [0, 0.05) is 24.8 Å². The van der Waals surface area contributed by atoms with Gasteiger partial charge in [-0.2, -0.15) is 0 Å². The molecule has 0 radical (unpaired) electrons. The van der Waals surface area contributed by atoms with Crippen LogP contribution in [0, 0.1) is 11.8 Å². The zero-order valence-electron chi connectivity index (χ0n) is 13.1. The van der Waals surface area contributed by atoms with Crippen LogP contribution >= 0.6 is 7.70 Å². The molecule has 1 aliphatic rings. The molecule has 0 amide bonds. The third-order valence-electron chi connectivity index (χ3n) is 3.99. The second-order valence-electron chi connectivity index (χ2n) is 6.22. The van der Waals surface area contributed by atoms with Crippen molar-refractivity contribution in [2.45, 2.75) is 33.2 Å².